The SMILES string of the molecule is COc1ccc(CNc2ncc(CO)c3nc(C)nn23)cc1OC. The number of fused-ring (bicyclic) bond motifs is 1. The van der Waals surface area contributed by atoms with Crippen LogP contribution in [-0.2, 0) is 13.2 Å². The van der Waals surface area contributed by atoms with Crippen LogP contribution in [0.25, 0.3) is 5.65 Å². The highest BCUT2D eigenvalue weighted by molar-refractivity contribution is 5.51. The third-order valence-electron chi connectivity index (χ3n) is 3.61. The first-order chi connectivity index (χ1) is 11.7. The summed E-state index contributed by atoms with van der Waals surface area (Å²) in [4.78, 5) is 8.64. The highest BCUT2D eigenvalue weighted by Gasteiger charge is 2.11. The molecule has 0 saturated heterocycles. The Morgan fingerprint density at radius 1 is 1.21 bits per heavy atom. The number of nitrogens with one attached hydrogen (secondary N) is 1. The van der Waals surface area contributed by atoms with E-state index in [1.54, 1.807) is 31.9 Å². The number of hydrogen-bond donors (Lipinski definition) is 2. The molecular weight excluding hydrogens is 310 g/mol. The molecule has 2 heterocycles. The first-order valence-corrected chi connectivity index (χ1v) is 7.43. The van der Waals surface area contributed by atoms with E-state index in [9.17, 15) is 5.11 Å². The van der Waals surface area contributed by atoms with Crippen molar-refractivity contribution in [1.82, 2.24) is 19.6 Å². The van der Waals surface area contributed by atoms with Gasteiger partial charge in [0, 0.05) is 18.3 Å². The minimum absolute atomic E-state index is 0.134. The van der Waals surface area contributed by atoms with Crippen molar-refractivity contribution in [2.45, 2.75) is 20.1 Å². The quantitative estimate of drug-likeness (QED) is 0.708. The van der Waals surface area contributed by atoms with Gasteiger partial charge in [-0.1, -0.05) is 6.07 Å². The molecule has 3 rings (SSSR count). The van der Waals surface area contributed by atoms with Gasteiger partial charge in [0.25, 0.3) is 0 Å². The van der Waals surface area contributed by atoms with Crippen LogP contribution in [0.4, 0.5) is 5.95 Å². The van der Waals surface area contributed by atoms with E-state index in [4.69, 9.17) is 9.47 Å². The van der Waals surface area contributed by atoms with Crippen molar-refractivity contribution < 1.29 is 14.6 Å². The van der Waals surface area contributed by atoms with Crippen molar-refractivity contribution in [2.24, 2.45) is 0 Å². The number of benzene rings is 1. The minimum Gasteiger partial charge on any atom is -0.493 e. The van der Waals surface area contributed by atoms with Gasteiger partial charge in [-0.3, -0.25) is 0 Å². The summed E-state index contributed by atoms with van der Waals surface area (Å²) in [6, 6.07) is 5.70. The van der Waals surface area contributed by atoms with E-state index >= 15 is 0 Å². The molecular formula is C16H19N5O3. The number of methoxy groups -OCH3 is 2. The van der Waals surface area contributed by atoms with Gasteiger partial charge in [-0.05, 0) is 24.6 Å². The van der Waals surface area contributed by atoms with Crippen molar-refractivity contribution in [1.29, 1.82) is 0 Å². The topological polar surface area (TPSA) is 93.8 Å². The molecule has 0 unspecified atom stereocenters. The lowest BCUT2D eigenvalue weighted by Gasteiger charge is -2.11. The van der Waals surface area contributed by atoms with Gasteiger partial charge in [-0.25, -0.2) is 9.97 Å². The number of anilines is 1. The van der Waals surface area contributed by atoms with Crippen molar-refractivity contribution >= 4 is 11.6 Å². The lowest BCUT2D eigenvalue weighted by molar-refractivity contribution is 0.282. The van der Waals surface area contributed by atoms with E-state index < -0.39 is 0 Å². The van der Waals surface area contributed by atoms with E-state index in [1.165, 1.54) is 0 Å². The molecule has 1 aromatic carbocycles. The van der Waals surface area contributed by atoms with E-state index in [0.29, 0.717) is 41.0 Å². The normalized spacial score (nSPS) is 10.8. The van der Waals surface area contributed by atoms with Crippen molar-refractivity contribution in [3.8, 4) is 11.5 Å². The highest BCUT2D eigenvalue weighted by Crippen LogP contribution is 2.27. The summed E-state index contributed by atoms with van der Waals surface area (Å²) in [7, 11) is 3.21. The average Bonchev–Trinajstić information content (AvgIpc) is 3.00. The van der Waals surface area contributed by atoms with Crippen LogP contribution in [0.1, 0.15) is 17.0 Å². The maximum atomic E-state index is 9.38. The standard InChI is InChI=1S/C16H19N5O3/c1-10-19-15-12(9-22)8-18-16(21(15)20-10)17-7-11-4-5-13(23-2)14(6-11)24-3/h4-6,8,22H,7,9H2,1-3H3,(H,17,18). The van der Waals surface area contributed by atoms with Gasteiger partial charge in [-0.15, -0.1) is 5.10 Å². The van der Waals surface area contributed by atoms with Crippen LogP contribution in [0.2, 0.25) is 0 Å². The Kier molecular flexibility index (Phi) is 4.48. The summed E-state index contributed by atoms with van der Waals surface area (Å²) in [6.07, 6.45) is 1.60. The number of hydrogen-bond acceptors (Lipinski definition) is 7. The first kappa shape index (κ1) is 16.0. The molecule has 0 amide bonds. The maximum absolute atomic E-state index is 9.38. The molecule has 8 heteroatoms. The Morgan fingerprint density at radius 3 is 2.71 bits per heavy atom. The van der Waals surface area contributed by atoms with Gasteiger partial charge in [0.2, 0.25) is 5.95 Å². The second kappa shape index (κ2) is 6.71. The number of aromatic nitrogens is 4. The average molecular weight is 329 g/mol. The fourth-order valence-corrected chi connectivity index (χ4v) is 2.43. The molecule has 24 heavy (non-hydrogen) atoms. The summed E-state index contributed by atoms with van der Waals surface area (Å²) in [6.45, 7) is 2.19. The Bertz CT molecular complexity index is 862. The van der Waals surface area contributed by atoms with Crippen LogP contribution in [0.5, 0.6) is 11.5 Å². The Morgan fingerprint density at radius 2 is 2.00 bits per heavy atom. The second-order valence-corrected chi connectivity index (χ2v) is 5.20. The van der Waals surface area contributed by atoms with Gasteiger partial charge in [0.05, 0.1) is 20.8 Å². The zero-order chi connectivity index (χ0) is 17.1. The Balaban J connectivity index is 1.86. The summed E-state index contributed by atoms with van der Waals surface area (Å²) in [5.74, 6) is 2.52. The summed E-state index contributed by atoms with van der Waals surface area (Å²) < 4.78 is 12.1. The Labute approximate surface area is 139 Å². The zero-order valence-corrected chi connectivity index (χ0v) is 13.8. The number of aliphatic hydroxyl groups is 1. The van der Waals surface area contributed by atoms with Crippen LogP contribution in [-0.4, -0.2) is 38.9 Å². The maximum Gasteiger partial charge on any atom is 0.226 e. The van der Waals surface area contributed by atoms with E-state index in [-0.39, 0.29) is 6.61 Å². The van der Waals surface area contributed by atoms with E-state index in [1.807, 2.05) is 18.2 Å². The predicted octanol–water partition coefficient (Wildman–Crippen LogP) is 1.55. The molecule has 0 aliphatic heterocycles. The molecule has 0 atom stereocenters. The number of aryl methyl sites for hydroxylation is 1. The summed E-state index contributed by atoms with van der Waals surface area (Å²) in [5, 5.41) is 16.9. The molecule has 0 saturated carbocycles. The van der Waals surface area contributed by atoms with E-state index in [0.717, 1.165) is 5.56 Å². The molecule has 0 spiro atoms. The summed E-state index contributed by atoms with van der Waals surface area (Å²) >= 11 is 0. The first-order valence-electron chi connectivity index (χ1n) is 7.43. The number of nitrogens with zero attached hydrogens (tertiary/aromatic N) is 4. The second-order valence-electron chi connectivity index (χ2n) is 5.20. The summed E-state index contributed by atoms with van der Waals surface area (Å²) in [5.41, 5.74) is 2.23. The highest BCUT2D eigenvalue weighted by atomic mass is 16.5. The third-order valence-corrected chi connectivity index (χ3v) is 3.61. The number of rotatable bonds is 6. The Hall–Kier alpha value is -2.87. The molecule has 0 radical (unpaired) electrons. The molecule has 3 aromatic rings. The molecule has 8 nitrogen and oxygen atoms in total. The van der Waals surface area contributed by atoms with Crippen molar-refractivity contribution in [3.63, 3.8) is 0 Å². The smallest absolute Gasteiger partial charge is 0.226 e. The molecule has 2 N–H and O–H groups in total. The van der Waals surface area contributed by atoms with Crippen LogP contribution < -0.4 is 14.8 Å². The largest absolute Gasteiger partial charge is 0.493 e. The molecule has 0 aliphatic rings. The third kappa shape index (κ3) is 2.95. The molecule has 0 aliphatic carbocycles. The fraction of sp³-hybridized carbons (Fsp3) is 0.312. The van der Waals surface area contributed by atoms with Gasteiger partial charge >= 0.3 is 0 Å². The lowest BCUT2D eigenvalue weighted by atomic mass is 10.2. The molecule has 0 bridgehead atoms. The van der Waals surface area contributed by atoms with Crippen molar-refractivity contribution in [2.75, 3.05) is 19.5 Å². The van der Waals surface area contributed by atoms with Gasteiger partial charge in [0.15, 0.2) is 17.1 Å². The van der Waals surface area contributed by atoms with Crippen LogP contribution in [0, 0.1) is 6.92 Å². The monoisotopic (exact) mass is 329 g/mol. The fourth-order valence-electron chi connectivity index (χ4n) is 2.43. The van der Waals surface area contributed by atoms with Crippen LogP contribution in [0.3, 0.4) is 0 Å². The van der Waals surface area contributed by atoms with Crippen molar-refractivity contribution in [3.05, 3.63) is 41.3 Å². The number of ether oxygens (including phenoxy) is 2. The minimum atomic E-state index is -0.134. The number of aliphatic hydroxyl groups excluding tert-OH is 1. The van der Waals surface area contributed by atoms with Crippen LogP contribution in [0.15, 0.2) is 24.4 Å². The van der Waals surface area contributed by atoms with Gasteiger partial charge < -0.3 is 19.9 Å². The van der Waals surface area contributed by atoms with Crippen LogP contribution >= 0.6 is 0 Å². The zero-order valence-electron chi connectivity index (χ0n) is 13.8. The van der Waals surface area contributed by atoms with Gasteiger partial charge in [0.1, 0.15) is 5.82 Å². The lowest BCUT2D eigenvalue weighted by Crippen LogP contribution is -2.09. The van der Waals surface area contributed by atoms with E-state index in [2.05, 4.69) is 20.4 Å². The molecule has 2 aromatic heterocycles. The molecule has 126 valence electrons. The molecule has 0 fully saturated rings. The predicted molar refractivity (Wildman–Crippen MR) is 88.3 cm³/mol. The van der Waals surface area contributed by atoms with Gasteiger partial charge in [-0.2, -0.15) is 4.52 Å².